The summed E-state index contributed by atoms with van der Waals surface area (Å²) in [7, 11) is 0. The summed E-state index contributed by atoms with van der Waals surface area (Å²) in [6, 6.07) is 11.4. The smallest absolute Gasteiger partial charge is 0.303 e. The normalized spacial score (nSPS) is 12.6. The molecule has 116 valence electrons. The summed E-state index contributed by atoms with van der Waals surface area (Å²) in [4.78, 5) is 15.6. The van der Waals surface area contributed by atoms with Gasteiger partial charge in [-0.1, -0.05) is 6.07 Å². The Morgan fingerprint density at radius 3 is 3.00 bits per heavy atom. The molecule has 0 spiro atoms. The minimum atomic E-state index is -0.307. The molecule has 0 fully saturated rings. The van der Waals surface area contributed by atoms with Gasteiger partial charge in [-0.15, -0.1) is 0 Å². The number of imidazole rings is 1. The first-order valence-electron chi connectivity index (χ1n) is 7.21. The van der Waals surface area contributed by atoms with Gasteiger partial charge in [0.2, 0.25) is 6.79 Å². The number of carbonyl (C=O) groups is 1. The van der Waals surface area contributed by atoms with Crippen LogP contribution >= 0.6 is 0 Å². The number of pyridine rings is 1. The number of hydrogen-bond acceptors (Lipinski definition) is 5. The number of ether oxygens (including phenoxy) is 3. The molecule has 0 radical (unpaired) electrons. The SMILES string of the molecule is CC(=O)OCc1cccc2nc(-c3ccc4c(c3)OCO4)cn12. The van der Waals surface area contributed by atoms with Crippen molar-refractivity contribution in [3.05, 3.63) is 48.3 Å². The van der Waals surface area contributed by atoms with Gasteiger partial charge >= 0.3 is 5.97 Å². The molecule has 1 aliphatic rings. The van der Waals surface area contributed by atoms with Crippen LogP contribution in [0.5, 0.6) is 11.5 Å². The first kappa shape index (κ1) is 13.6. The molecule has 2 aromatic heterocycles. The quantitative estimate of drug-likeness (QED) is 0.696. The van der Waals surface area contributed by atoms with Gasteiger partial charge in [0.05, 0.1) is 11.4 Å². The molecule has 6 heteroatoms. The minimum Gasteiger partial charge on any atom is -0.459 e. The molecule has 0 N–H and O–H groups in total. The second-order valence-electron chi connectivity index (χ2n) is 5.22. The Labute approximate surface area is 132 Å². The van der Waals surface area contributed by atoms with Crippen LogP contribution in [-0.4, -0.2) is 22.1 Å². The average Bonchev–Trinajstić information content (AvgIpc) is 3.18. The second-order valence-corrected chi connectivity index (χ2v) is 5.22. The fourth-order valence-corrected chi connectivity index (χ4v) is 2.56. The lowest BCUT2D eigenvalue weighted by atomic mass is 10.1. The van der Waals surface area contributed by atoms with Gasteiger partial charge in [0, 0.05) is 18.7 Å². The molecule has 6 nitrogen and oxygen atoms in total. The molecule has 4 rings (SSSR count). The Morgan fingerprint density at radius 1 is 1.26 bits per heavy atom. The van der Waals surface area contributed by atoms with Crippen LogP contribution in [0.15, 0.2) is 42.6 Å². The lowest BCUT2D eigenvalue weighted by molar-refractivity contribution is -0.142. The highest BCUT2D eigenvalue weighted by molar-refractivity contribution is 5.67. The van der Waals surface area contributed by atoms with Gasteiger partial charge in [-0.05, 0) is 30.3 Å². The first-order chi connectivity index (χ1) is 11.2. The third kappa shape index (κ3) is 2.48. The Bertz CT molecular complexity index is 901. The number of hydrogen-bond donors (Lipinski definition) is 0. The summed E-state index contributed by atoms with van der Waals surface area (Å²) in [5.74, 6) is 1.16. The second kappa shape index (κ2) is 5.31. The van der Waals surface area contributed by atoms with Crippen molar-refractivity contribution in [3.63, 3.8) is 0 Å². The van der Waals surface area contributed by atoms with E-state index in [4.69, 9.17) is 14.2 Å². The van der Waals surface area contributed by atoms with Gasteiger partial charge in [0.15, 0.2) is 11.5 Å². The highest BCUT2D eigenvalue weighted by Gasteiger charge is 2.15. The molecular formula is C17H14N2O4. The van der Waals surface area contributed by atoms with Gasteiger partial charge in [0.25, 0.3) is 0 Å². The molecule has 3 heterocycles. The molecule has 1 aliphatic heterocycles. The molecule has 0 unspecified atom stereocenters. The maximum Gasteiger partial charge on any atom is 0.303 e. The van der Waals surface area contributed by atoms with Crippen molar-refractivity contribution >= 4 is 11.6 Å². The Balaban J connectivity index is 1.74. The lowest BCUT2D eigenvalue weighted by Gasteiger charge is -2.04. The minimum absolute atomic E-state index is 0.212. The molecule has 3 aromatic rings. The van der Waals surface area contributed by atoms with E-state index >= 15 is 0 Å². The predicted molar refractivity (Wildman–Crippen MR) is 82.2 cm³/mol. The molecule has 0 atom stereocenters. The highest BCUT2D eigenvalue weighted by atomic mass is 16.7. The van der Waals surface area contributed by atoms with Crippen LogP contribution in [0.1, 0.15) is 12.6 Å². The molecule has 0 saturated heterocycles. The van der Waals surface area contributed by atoms with Crippen molar-refractivity contribution in [2.45, 2.75) is 13.5 Å². The standard InChI is InChI=1S/C17H14N2O4/c1-11(20)21-9-13-3-2-4-17-18-14(8-19(13)17)12-5-6-15-16(7-12)23-10-22-15/h2-8H,9-10H2,1H3. The van der Waals surface area contributed by atoms with Crippen molar-refractivity contribution < 1.29 is 19.0 Å². The predicted octanol–water partition coefficient (Wildman–Crippen LogP) is 2.79. The number of rotatable bonds is 3. The lowest BCUT2D eigenvalue weighted by Crippen LogP contribution is -2.03. The van der Waals surface area contributed by atoms with Crippen LogP contribution in [0.3, 0.4) is 0 Å². The van der Waals surface area contributed by atoms with Gasteiger partial charge in [-0.2, -0.15) is 0 Å². The zero-order valence-electron chi connectivity index (χ0n) is 12.5. The van der Waals surface area contributed by atoms with E-state index in [1.54, 1.807) is 0 Å². The topological polar surface area (TPSA) is 62.1 Å². The van der Waals surface area contributed by atoms with Crippen LogP contribution in [0.2, 0.25) is 0 Å². The van der Waals surface area contributed by atoms with E-state index in [2.05, 4.69) is 4.98 Å². The third-order valence-corrected chi connectivity index (χ3v) is 3.67. The number of carbonyl (C=O) groups excluding carboxylic acids is 1. The largest absolute Gasteiger partial charge is 0.459 e. The number of nitrogens with zero attached hydrogens (tertiary/aromatic N) is 2. The summed E-state index contributed by atoms with van der Waals surface area (Å²) >= 11 is 0. The van der Waals surface area contributed by atoms with Crippen LogP contribution in [0.4, 0.5) is 0 Å². The average molecular weight is 310 g/mol. The van der Waals surface area contributed by atoms with Gasteiger partial charge < -0.3 is 14.2 Å². The van der Waals surface area contributed by atoms with E-state index < -0.39 is 0 Å². The number of benzene rings is 1. The van der Waals surface area contributed by atoms with E-state index in [-0.39, 0.29) is 19.4 Å². The summed E-state index contributed by atoms with van der Waals surface area (Å²) in [6.07, 6.45) is 1.92. The van der Waals surface area contributed by atoms with Crippen LogP contribution < -0.4 is 9.47 Å². The summed E-state index contributed by atoms with van der Waals surface area (Å²) in [5, 5.41) is 0. The Morgan fingerprint density at radius 2 is 2.13 bits per heavy atom. The van der Waals surface area contributed by atoms with Crippen LogP contribution in [0, 0.1) is 0 Å². The summed E-state index contributed by atoms with van der Waals surface area (Å²) in [5.41, 5.74) is 3.41. The van der Waals surface area contributed by atoms with E-state index in [9.17, 15) is 4.79 Å². The maximum absolute atomic E-state index is 11.0. The Hall–Kier alpha value is -3.02. The number of aromatic nitrogens is 2. The van der Waals surface area contributed by atoms with Crippen LogP contribution in [0.25, 0.3) is 16.9 Å². The van der Waals surface area contributed by atoms with Crippen molar-refractivity contribution in [1.82, 2.24) is 9.38 Å². The zero-order chi connectivity index (χ0) is 15.8. The van der Waals surface area contributed by atoms with Gasteiger partial charge in [-0.3, -0.25) is 9.20 Å². The van der Waals surface area contributed by atoms with E-state index in [0.717, 1.165) is 34.1 Å². The monoisotopic (exact) mass is 310 g/mol. The molecule has 0 amide bonds. The fraction of sp³-hybridized carbons (Fsp3) is 0.176. The number of esters is 1. The van der Waals surface area contributed by atoms with E-state index in [1.807, 2.05) is 47.0 Å². The van der Waals surface area contributed by atoms with Crippen LogP contribution in [-0.2, 0) is 16.1 Å². The zero-order valence-corrected chi connectivity index (χ0v) is 12.5. The molecule has 0 aliphatic carbocycles. The molecule has 23 heavy (non-hydrogen) atoms. The molecule has 0 bridgehead atoms. The Kier molecular flexibility index (Phi) is 3.15. The van der Waals surface area contributed by atoms with Crippen molar-refractivity contribution in [2.24, 2.45) is 0 Å². The summed E-state index contributed by atoms with van der Waals surface area (Å²) < 4.78 is 17.7. The molecule has 0 saturated carbocycles. The van der Waals surface area contributed by atoms with E-state index in [0.29, 0.717) is 0 Å². The van der Waals surface area contributed by atoms with Crippen molar-refractivity contribution in [2.75, 3.05) is 6.79 Å². The van der Waals surface area contributed by atoms with Crippen molar-refractivity contribution in [3.8, 4) is 22.8 Å². The molecule has 1 aromatic carbocycles. The van der Waals surface area contributed by atoms with Gasteiger partial charge in [0.1, 0.15) is 12.3 Å². The highest BCUT2D eigenvalue weighted by Crippen LogP contribution is 2.35. The van der Waals surface area contributed by atoms with Gasteiger partial charge in [-0.25, -0.2) is 4.98 Å². The third-order valence-electron chi connectivity index (χ3n) is 3.67. The maximum atomic E-state index is 11.0. The number of fused-ring (bicyclic) bond motifs is 2. The van der Waals surface area contributed by atoms with E-state index in [1.165, 1.54) is 6.92 Å². The van der Waals surface area contributed by atoms with Crippen molar-refractivity contribution in [1.29, 1.82) is 0 Å². The fourth-order valence-electron chi connectivity index (χ4n) is 2.56. The first-order valence-corrected chi connectivity index (χ1v) is 7.21. The summed E-state index contributed by atoms with van der Waals surface area (Å²) in [6.45, 7) is 1.85. The molecular weight excluding hydrogens is 296 g/mol.